The van der Waals surface area contributed by atoms with Crippen molar-refractivity contribution in [3.05, 3.63) is 83.0 Å². The van der Waals surface area contributed by atoms with Crippen molar-refractivity contribution in [2.24, 2.45) is 15.8 Å². The first kappa shape index (κ1) is 19.4. The predicted molar refractivity (Wildman–Crippen MR) is 118 cm³/mol. The van der Waals surface area contributed by atoms with Crippen molar-refractivity contribution in [3.8, 4) is 0 Å². The molecule has 0 saturated carbocycles. The van der Waals surface area contributed by atoms with E-state index in [1.165, 1.54) is 0 Å². The first-order valence-electron chi connectivity index (χ1n) is 9.32. The van der Waals surface area contributed by atoms with Crippen molar-refractivity contribution in [3.63, 3.8) is 0 Å². The molecule has 0 amide bonds. The summed E-state index contributed by atoms with van der Waals surface area (Å²) in [5.41, 5.74) is 4.09. The zero-order chi connectivity index (χ0) is 19.5. The molecule has 2 aromatic carbocycles. The van der Waals surface area contributed by atoms with Crippen LogP contribution in [0.3, 0.4) is 0 Å². The molecule has 0 aliphatic heterocycles. The molecule has 1 aliphatic carbocycles. The summed E-state index contributed by atoms with van der Waals surface area (Å²) in [6.45, 7) is 8.98. The van der Waals surface area contributed by atoms with E-state index in [1.54, 1.807) is 0 Å². The zero-order valence-electron chi connectivity index (χ0n) is 16.5. The average Bonchev–Trinajstić information content (AvgIpc) is 2.61. The predicted octanol–water partition coefficient (Wildman–Crippen LogP) is 7.33. The average molecular weight is 379 g/mol. The number of anilines is 1. The lowest BCUT2D eigenvalue weighted by atomic mass is 9.63. The van der Waals surface area contributed by atoms with Gasteiger partial charge in [0, 0.05) is 18.1 Å². The molecule has 27 heavy (non-hydrogen) atoms. The van der Waals surface area contributed by atoms with E-state index in [9.17, 15) is 0 Å². The lowest BCUT2D eigenvalue weighted by molar-refractivity contribution is 0.263. The van der Waals surface area contributed by atoms with Gasteiger partial charge >= 0.3 is 0 Å². The second-order valence-electron chi connectivity index (χ2n) is 8.33. The molecule has 1 N–H and O–H groups in total. The summed E-state index contributed by atoms with van der Waals surface area (Å²) in [5.74, 6) is 0. The molecule has 0 radical (unpaired) electrons. The third-order valence-electron chi connectivity index (χ3n) is 5.07. The van der Waals surface area contributed by atoms with Gasteiger partial charge in [0.05, 0.1) is 10.7 Å². The van der Waals surface area contributed by atoms with E-state index in [2.05, 4.69) is 38.0 Å². The quantitative estimate of drug-likeness (QED) is 0.553. The molecule has 0 spiro atoms. The number of nitrogens with zero attached hydrogens (tertiary/aromatic N) is 1. The van der Waals surface area contributed by atoms with Gasteiger partial charge in [-0.3, -0.25) is 4.99 Å². The Bertz CT molecular complexity index is 875. The van der Waals surface area contributed by atoms with Crippen molar-refractivity contribution in [1.29, 1.82) is 0 Å². The van der Waals surface area contributed by atoms with E-state index in [-0.39, 0.29) is 10.8 Å². The minimum Gasteiger partial charge on any atom is -0.361 e. The van der Waals surface area contributed by atoms with Crippen LogP contribution in [0.5, 0.6) is 0 Å². The molecule has 0 aromatic heterocycles. The van der Waals surface area contributed by atoms with E-state index >= 15 is 0 Å². The zero-order valence-corrected chi connectivity index (χ0v) is 17.2. The molecule has 2 aromatic rings. The lowest BCUT2D eigenvalue weighted by Gasteiger charge is -2.43. The Kier molecular flexibility index (Phi) is 5.57. The van der Waals surface area contributed by atoms with Crippen LogP contribution in [0, 0.1) is 10.8 Å². The number of para-hydroxylation sites is 2. The SMILES string of the molecule is CC1(C)CC(C)(C)/C(=C\Nc2ccccc2)C(Cl)=C1C=Nc1ccccc1. The standard InChI is InChI=1S/C24H27ClN2/c1-23(2)17-24(3,4)21(16-27-19-13-9-6-10-14-19)22(25)20(23)15-26-18-11-7-5-8-12-18/h5-16,26H,17H2,1-4H3/b20-15-,27-16?. The molecule has 1 aliphatic rings. The normalized spacial score (nSPS) is 20.3. The lowest BCUT2D eigenvalue weighted by Crippen LogP contribution is -2.33. The molecular formula is C24H27ClN2. The summed E-state index contributed by atoms with van der Waals surface area (Å²) in [7, 11) is 0. The molecule has 0 bridgehead atoms. The Labute approximate surface area is 167 Å². The molecule has 0 heterocycles. The fourth-order valence-electron chi connectivity index (χ4n) is 3.87. The van der Waals surface area contributed by atoms with Crippen LogP contribution in [0.4, 0.5) is 11.4 Å². The van der Waals surface area contributed by atoms with Crippen LogP contribution in [0.15, 0.2) is 88.0 Å². The number of hydrogen-bond donors (Lipinski definition) is 1. The Morgan fingerprint density at radius 2 is 1.48 bits per heavy atom. The summed E-state index contributed by atoms with van der Waals surface area (Å²) in [4.78, 5) is 4.66. The topological polar surface area (TPSA) is 24.4 Å². The Morgan fingerprint density at radius 3 is 2.11 bits per heavy atom. The highest BCUT2D eigenvalue weighted by molar-refractivity contribution is 6.34. The minimum absolute atomic E-state index is 0.0353. The van der Waals surface area contributed by atoms with Crippen LogP contribution in [-0.2, 0) is 0 Å². The molecule has 0 fully saturated rings. The summed E-state index contributed by atoms with van der Waals surface area (Å²) in [5, 5.41) is 4.19. The molecule has 0 saturated heterocycles. The van der Waals surface area contributed by atoms with E-state index in [4.69, 9.17) is 11.6 Å². The first-order chi connectivity index (χ1) is 12.8. The monoisotopic (exact) mass is 378 g/mol. The van der Waals surface area contributed by atoms with Gasteiger partial charge in [-0.25, -0.2) is 0 Å². The van der Waals surface area contributed by atoms with Crippen molar-refractivity contribution >= 4 is 29.2 Å². The van der Waals surface area contributed by atoms with Crippen LogP contribution in [0.2, 0.25) is 0 Å². The fourth-order valence-corrected chi connectivity index (χ4v) is 4.48. The minimum atomic E-state index is -0.0526. The van der Waals surface area contributed by atoms with Crippen LogP contribution < -0.4 is 5.32 Å². The van der Waals surface area contributed by atoms with Gasteiger partial charge in [-0.05, 0) is 52.7 Å². The van der Waals surface area contributed by atoms with Crippen LogP contribution in [0.1, 0.15) is 34.1 Å². The summed E-state index contributed by atoms with van der Waals surface area (Å²) >= 11 is 6.93. The van der Waals surface area contributed by atoms with Crippen LogP contribution in [0.25, 0.3) is 0 Å². The highest BCUT2D eigenvalue weighted by Crippen LogP contribution is 2.52. The van der Waals surface area contributed by atoms with E-state index in [1.807, 2.05) is 73.1 Å². The number of hydrogen-bond acceptors (Lipinski definition) is 2. The maximum absolute atomic E-state index is 6.93. The third-order valence-corrected chi connectivity index (χ3v) is 5.48. The van der Waals surface area contributed by atoms with Gasteiger partial charge in [-0.15, -0.1) is 0 Å². The molecule has 0 unspecified atom stereocenters. The Hall–Kier alpha value is -2.32. The number of aliphatic imine (C=N–C) groups is 1. The Morgan fingerprint density at radius 1 is 0.889 bits per heavy atom. The fraction of sp³-hybridized carbons (Fsp3) is 0.292. The number of rotatable bonds is 4. The highest BCUT2D eigenvalue weighted by atomic mass is 35.5. The van der Waals surface area contributed by atoms with Crippen LogP contribution in [-0.4, -0.2) is 6.21 Å². The summed E-state index contributed by atoms with van der Waals surface area (Å²) in [6.07, 6.45) is 4.97. The smallest absolute Gasteiger partial charge is 0.0629 e. The summed E-state index contributed by atoms with van der Waals surface area (Å²) in [6, 6.07) is 20.1. The van der Waals surface area contributed by atoms with Gasteiger partial charge in [0.2, 0.25) is 0 Å². The maximum atomic E-state index is 6.93. The van der Waals surface area contributed by atoms with E-state index in [0.29, 0.717) is 0 Å². The van der Waals surface area contributed by atoms with Gasteiger partial charge in [0.1, 0.15) is 0 Å². The molecule has 0 atom stereocenters. The van der Waals surface area contributed by atoms with Crippen LogP contribution >= 0.6 is 11.6 Å². The largest absolute Gasteiger partial charge is 0.361 e. The highest BCUT2D eigenvalue weighted by Gasteiger charge is 2.41. The molecule has 3 heteroatoms. The van der Waals surface area contributed by atoms with Gasteiger partial charge in [0.25, 0.3) is 0 Å². The van der Waals surface area contributed by atoms with Crippen molar-refractivity contribution in [2.75, 3.05) is 5.32 Å². The van der Waals surface area contributed by atoms with E-state index < -0.39 is 0 Å². The molecule has 2 nitrogen and oxygen atoms in total. The van der Waals surface area contributed by atoms with E-state index in [0.717, 1.165) is 34.0 Å². The van der Waals surface area contributed by atoms with Gasteiger partial charge in [0.15, 0.2) is 0 Å². The van der Waals surface area contributed by atoms with Gasteiger partial charge in [-0.1, -0.05) is 75.7 Å². The molecule has 3 rings (SSSR count). The summed E-state index contributed by atoms with van der Waals surface area (Å²) < 4.78 is 0. The van der Waals surface area contributed by atoms with Crippen molar-refractivity contribution < 1.29 is 0 Å². The van der Waals surface area contributed by atoms with Gasteiger partial charge in [-0.2, -0.15) is 0 Å². The number of halogens is 1. The second kappa shape index (κ2) is 7.74. The number of nitrogens with one attached hydrogen (secondary N) is 1. The Balaban J connectivity index is 1.99. The molecular weight excluding hydrogens is 352 g/mol. The first-order valence-corrected chi connectivity index (χ1v) is 9.69. The maximum Gasteiger partial charge on any atom is 0.0629 e. The number of allylic oxidation sites excluding steroid dienone is 3. The molecule has 140 valence electrons. The van der Waals surface area contributed by atoms with Crippen molar-refractivity contribution in [1.82, 2.24) is 0 Å². The third kappa shape index (κ3) is 4.51. The number of benzene rings is 2. The van der Waals surface area contributed by atoms with Gasteiger partial charge < -0.3 is 5.32 Å². The van der Waals surface area contributed by atoms with Crippen molar-refractivity contribution in [2.45, 2.75) is 34.1 Å². The second-order valence-corrected chi connectivity index (χ2v) is 8.71.